The third-order valence-electron chi connectivity index (χ3n) is 3.84. The summed E-state index contributed by atoms with van der Waals surface area (Å²) >= 11 is 0. The zero-order valence-electron chi connectivity index (χ0n) is 13.5. The average molecular weight is 315 g/mol. The van der Waals surface area contributed by atoms with Gasteiger partial charge in [0.25, 0.3) is 0 Å². The molecule has 3 rings (SSSR count). The van der Waals surface area contributed by atoms with E-state index in [0.29, 0.717) is 17.2 Å². The number of aromatic nitrogens is 5. The van der Waals surface area contributed by atoms with E-state index in [0.717, 1.165) is 6.54 Å². The summed E-state index contributed by atoms with van der Waals surface area (Å²) in [5.41, 5.74) is 0.652. The second-order valence-corrected chi connectivity index (χ2v) is 6.65. The monoisotopic (exact) mass is 315 g/mol. The topological polar surface area (TPSA) is 81.9 Å². The first-order valence-corrected chi connectivity index (χ1v) is 7.55. The Labute approximate surface area is 134 Å². The van der Waals surface area contributed by atoms with E-state index in [1.807, 2.05) is 21.6 Å². The molecule has 1 N–H and O–H groups in total. The van der Waals surface area contributed by atoms with E-state index in [2.05, 4.69) is 36.1 Å². The fourth-order valence-corrected chi connectivity index (χ4v) is 2.49. The highest BCUT2D eigenvalue weighted by Gasteiger charge is 2.28. The fraction of sp³-hybridized carbons (Fsp3) is 0.438. The Hall–Kier alpha value is -2.41. The van der Waals surface area contributed by atoms with Crippen molar-refractivity contribution >= 4 is 0 Å². The lowest BCUT2D eigenvalue weighted by atomic mass is 9.86. The molecule has 0 aliphatic carbocycles. The molecule has 0 aliphatic heterocycles. The SMILES string of the molecule is CC(C)(C)[C@@H](Cn1ccnc1)n1cc(-c2ccc(CO)o2)nn1. The van der Waals surface area contributed by atoms with Crippen LogP contribution in [0.25, 0.3) is 11.5 Å². The van der Waals surface area contributed by atoms with Gasteiger partial charge in [0.2, 0.25) is 0 Å². The van der Waals surface area contributed by atoms with E-state index in [1.165, 1.54) is 0 Å². The quantitative estimate of drug-likeness (QED) is 0.782. The Kier molecular flexibility index (Phi) is 4.04. The molecule has 0 bridgehead atoms. The van der Waals surface area contributed by atoms with Crippen molar-refractivity contribution in [1.82, 2.24) is 24.5 Å². The molecular weight excluding hydrogens is 294 g/mol. The Morgan fingerprint density at radius 3 is 2.74 bits per heavy atom. The van der Waals surface area contributed by atoms with Crippen LogP contribution in [0.5, 0.6) is 0 Å². The Morgan fingerprint density at radius 1 is 1.30 bits per heavy atom. The molecule has 1 atom stereocenters. The van der Waals surface area contributed by atoms with Gasteiger partial charge in [0, 0.05) is 18.9 Å². The first-order valence-electron chi connectivity index (χ1n) is 7.55. The van der Waals surface area contributed by atoms with E-state index in [4.69, 9.17) is 9.52 Å². The lowest BCUT2D eigenvalue weighted by Gasteiger charge is -2.30. The molecule has 122 valence electrons. The number of rotatable bonds is 5. The van der Waals surface area contributed by atoms with Crippen LogP contribution < -0.4 is 0 Å². The summed E-state index contributed by atoms with van der Waals surface area (Å²) in [7, 11) is 0. The Morgan fingerprint density at radius 2 is 2.13 bits per heavy atom. The molecule has 0 radical (unpaired) electrons. The van der Waals surface area contributed by atoms with Gasteiger partial charge in [0.05, 0.1) is 18.6 Å². The van der Waals surface area contributed by atoms with Crippen LogP contribution >= 0.6 is 0 Å². The summed E-state index contributed by atoms with van der Waals surface area (Å²) in [6.45, 7) is 7.15. The summed E-state index contributed by atoms with van der Waals surface area (Å²) in [4.78, 5) is 4.09. The summed E-state index contributed by atoms with van der Waals surface area (Å²) in [5.74, 6) is 1.12. The standard InChI is InChI=1S/C16H21N5O2/c1-16(2,3)15(9-20-7-6-17-11-20)21-8-13(18-19-21)14-5-4-12(10-22)23-14/h4-8,11,15,22H,9-10H2,1-3H3/t15-/m1/s1. The highest BCUT2D eigenvalue weighted by Crippen LogP contribution is 2.32. The first-order chi connectivity index (χ1) is 11.0. The van der Waals surface area contributed by atoms with Crippen LogP contribution in [0.3, 0.4) is 0 Å². The molecule has 3 aromatic heterocycles. The third kappa shape index (κ3) is 3.34. The van der Waals surface area contributed by atoms with Crippen molar-refractivity contribution < 1.29 is 9.52 Å². The molecule has 0 aliphatic rings. The predicted octanol–water partition coefficient (Wildman–Crippen LogP) is 2.51. The van der Waals surface area contributed by atoms with Gasteiger partial charge in [0.1, 0.15) is 18.1 Å². The number of imidazole rings is 1. The van der Waals surface area contributed by atoms with E-state index in [-0.39, 0.29) is 18.1 Å². The molecule has 7 nitrogen and oxygen atoms in total. The van der Waals surface area contributed by atoms with Crippen LogP contribution in [0.15, 0.2) is 41.5 Å². The zero-order chi connectivity index (χ0) is 16.4. The molecule has 0 spiro atoms. The van der Waals surface area contributed by atoms with Gasteiger partial charge >= 0.3 is 0 Å². The molecule has 3 aromatic rings. The summed E-state index contributed by atoms with van der Waals surface area (Å²) in [6.07, 6.45) is 7.39. The minimum atomic E-state index is -0.126. The van der Waals surface area contributed by atoms with Gasteiger partial charge in [-0.25, -0.2) is 9.67 Å². The van der Waals surface area contributed by atoms with Crippen molar-refractivity contribution in [1.29, 1.82) is 0 Å². The van der Waals surface area contributed by atoms with Gasteiger partial charge in [-0.15, -0.1) is 5.10 Å². The molecule has 0 saturated carbocycles. The van der Waals surface area contributed by atoms with E-state index < -0.39 is 0 Å². The number of nitrogens with zero attached hydrogens (tertiary/aromatic N) is 5. The molecule has 0 aromatic carbocycles. The molecule has 7 heteroatoms. The highest BCUT2D eigenvalue weighted by atomic mass is 16.4. The van der Waals surface area contributed by atoms with Crippen LogP contribution in [0.1, 0.15) is 32.6 Å². The third-order valence-corrected chi connectivity index (χ3v) is 3.84. The lowest BCUT2D eigenvalue weighted by molar-refractivity contribution is 0.196. The Balaban J connectivity index is 1.88. The van der Waals surface area contributed by atoms with Gasteiger partial charge < -0.3 is 14.1 Å². The maximum Gasteiger partial charge on any atom is 0.156 e. The second-order valence-electron chi connectivity index (χ2n) is 6.65. The minimum Gasteiger partial charge on any atom is -0.457 e. The van der Waals surface area contributed by atoms with E-state index >= 15 is 0 Å². The largest absolute Gasteiger partial charge is 0.457 e. The fourth-order valence-electron chi connectivity index (χ4n) is 2.49. The van der Waals surface area contributed by atoms with Crippen molar-refractivity contribution in [2.45, 2.75) is 40.0 Å². The number of aliphatic hydroxyl groups excluding tert-OH is 1. The molecule has 0 unspecified atom stereocenters. The summed E-state index contributed by atoms with van der Waals surface area (Å²) in [5, 5.41) is 17.6. The van der Waals surface area contributed by atoms with Crippen LogP contribution in [0, 0.1) is 5.41 Å². The van der Waals surface area contributed by atoms with Gasteiger partial charge in [-0.05, 0) is 17.5 Å². The molecule has 3 heterocycles. The second kappa shape index (κ2) is 6.00. The minimum absolute atomic E-state index is 0.00529. The zero-order valence-corrected chi connectivity index (χ0v) is 13.5. The van der Waals surface area contributed by atoms with Crippen LogP contribution in [-0.2, 0) is 13.2 Å². The van der Waals surface area contributed by atoms with Crippen LogP contribution in [0.2, 0.25) is 0 Å². The smallest absolute Gasteiger partial charge is 0.156 e. The molecule has 0 fully saturated rings. The maximum absolute atomic E-state index is 9.10. The van der Waals surface area contributed by atoms with Gasteiger partial charge in [-0.3, -0.25) is 0 Å². The van der Waals surface area contributed by atoms with Crippen LogP contribution in [0.4, 0.5) is 0 Å². The normalized spacial score (nSPS) is 13.4. The van der Waals surface area contributed by atoms with Crippen molar-refractivity contribution in [3.63, 3.8) is 0 Å². The maximum atomic E-state index is 9.10. The number of hydrogen-bond donors (Lipinski definition) is 1. The lowest BCUT2D eigenvalue weighted by Crippen LogP contribution is -2.28. The average Bonchev–Trinajstić information content (AvgIpc) is 3.23. The van der Waals surface area contributed by atoms with Crippen LogP contribution in [-0.4, -0.2) is 29.7 Å². The number of hydrogen-bond acceptors (Lipinski definition) is 5. The van der Waals surface area contributed by atoms with E-state index in [9.17, 15) is 0 Å². The summed E-state index contributed by atoms with van der Waals surface area (Å²) in [6, 6.07) is 3.65. The first kappa shape index (κ1) is 15.5. The highest BCUT2D eigenvalue weighted by molar-refractivity contribution is 5.50. The molecule has 23 heavy (non-hydrogen) atoms. The van der Waals surface area contributed by atoms with Crippen molar-refractivity contribution in [2.24, 2.45) is 5.41 Å². The predicted molar refractivity (Wildman–Crippen MR) is 84.4 cm³/mol. The van der Waals surface area contributed by atoms with Gasteiger partial charge in [-0.1, -0.05) is 26.0 Å². The number of furan rings is 1. The van der Waals surface area contributed by atoms with Crippen molar-refractivity contribution in [2.75, 3.05) is 0 Å². The van der Waals surface area contributed by atoms with Crippen molar-refractivity contribution in [3.8, 4) is 11.5 Å². The van der Waals surface area contributed by atoms with Gasteiger partial charge in [-0.2, -0.15) is 0 Å². The van der Waals surface area contributed by atoms with Crippen molar-refractivity contribution in [3.05, 3.63) is 42.8 Å². The Bertz CT molecular complexity index is 752. The van der Waals surface area contributed by atoms with Gasteiger partial charge in [0.15, 0.2) is 5.76 Å². The van der Waals surface area contributed by atoms with E-state index in [1.54, 1.807) is 24.7 Å². The summed E-state index contributed by atoms with van der Waals surface area (Å²) < 4.78 is 9.43. The molecule has 0 amide bonds. The number of aliphatic hydroxyl groups is 1. The molecular formula is C16H21N5O2. The molecule has 0 saturated heterocycles.